The zero-order valence-electron chi connectivity index (χ0n) is 10.7. The molecule has 4 heteroatoms. The molecule has 18 heavy (non-hydrogen) atoms. The average molecular weight is 306 g/mol. The van der Waals surface area contributed by atoms with E-state index in [1.54, 1.807) is 0 Å². The van der Waals surface area contributed by atoms with Crippen molar-refractivity contribution in [2.24, 2.45) is 0 Å². The summed E-state index contributed by atoms with van der Waals surface area (Å²) in [5.41, 5.74) is 10.9. The Morgan fingerprint density at radius 1 is 1.11 bits per heavy atom. The molecule has 0 atom stereocenters. The molecule has 1 heterocycles. The summed E-state index contributed by atoms with van der Waals surface area (Å²) in [7, 11) is 0. The van der Waals surface area contributed by atoms with Gasteiger partial charge in [-0.2, -0.15) is 0 Å². The van der Waals surface area contributed by atoms with Gasteiger partial charge in [0, 0.05) is 15.9 Å². The summed E-state index contributed by atoms with van der Waals surface area (Å²) in [6.45, 7) is 6.07. The lowest BCUT2D eigenvalue weighted by molar-refractivity contribution is 1.19. The maximum Gasteiger partial charge on any atom is 0.153 e. The number of benzene rings is 1. The Hall–Kier alpha value is -1.55. The number of nitrogens with two attached hydrogens (primary N) is 1. The van der Waals surface area contributed by atoms with Crippen molar-refractivity contribution in [1.82, 2.24) is 4.98 Å². The molecule has 0 radical (unpaired) electrons. The Morgan fingerprint density at radius 3 is 2.33 bits per heavy atom. The van der Waals surface area contributed by atoms with Crippen LogP contribution >= 0.6 is 15.9 Å². The van der Waals surface area contributed by atoms with Gasteiger partial charge in [-0.25, -0.2) is 4.98 Å². The standard InChI is InChI=1S/C14H16BrN3/c1-8-6-11(15)7-9(2)13(8)18-14-12(16)5-4-10(3)17-14/h4-7H,16H2,1-3H3,(H,17,18). The van der Waals surface area contributed by atoms with Crippen molar-refractivity contribution in [2.45, 2.75) is 20.8 Å². The number of hydrogen-bond acceptors (Lipinski definition) is 3. The molecular formula is C14H16BrN3. The third-order valence-electron chi connectivity index (χ3n) is 2.81. The van der Waals surface area contributed by atoms with Gasteiger partial charge in [0.2, 0.25) is 0 Å². The monoisotopic (exact) mass is 305 g/mol. The highest BCUT2D eigenvalue weighted by Gasteiger charge is 2.07. The van der Waals surface area contributed by atoms with E-state index in [2.05, 4.69) is 52.2 Å². The van der Waals surface area contributed by atoms with Gasteiger partial charge in [-0.15, -0.1) is 0 Å². The molecule has 0 spiro atoms. The minimum Gasteiger partial charge on any atom is -0.396 e. The third-order valence-corrected chi connectivity index (χ3v) is 3.26. The van der Waals surface area contributed by atoms with E-state index in [0.717, 1.165) is 27.0 Å². The zero-order chi connectivity index (χ0) is 13.3. The van der Waals surface area contributed by atoms with Crippen LogP contribution in [-0.4, -0.2) is 4.98 Å². The van der Waals surface area contributed by atoms with E-state index in [0.29, 0.717) is 11.5 Å². The molecule has 1 aromatic carbocycles. The van der Waals surface area contributed by atoms with Crippen LogP contribution in [0.4, 0.5) is 17.2 Å². The molecule has 0 fully saturated rings. The van der Waals surface area contributed by atoms with Crippen LogP contribution in [0, 0.1) is 20.8 Å². The molecule has 0 aliphatic rings. The maximum atomic E-state index is 5.93. The molecular weight excluding hydrogens is 290 g/mol. The summed E-state index contributed by atoms with van der Waals surface area (Å²) in [6, 6.07) is 7.92. The summed E-state index contributed by atoms with van der Waals surface area (Å²) in [5, 5.41) is 3.32. The van der Waals surface area contributed by atoms with E-state index in [1.165, 1.54) is 0 Å². The zero-order valence-corrected chi connectivity index (χ0v) is 12.3. The summed E-state index contributed by atoms with van der Waals surface area (Å²) < 4.78 is 1.08. The highest BCUT2D eigenvalue weighted by Crippen LogP contribution is 2.29. The minimum atomic E-state index is 0.655. The Labute approximate surface area is 116 Å². The largest absolute Gasteiger partial charge is 0.396 e. The van der Waals surface area contributed by atoms with Crippen LogP contribution in [0.3, 0.4) is 0 Å². The molecule has 0 aliphatic carbocycles. The predicted molar refractivity (Wildman–Crippen MR) is 80.3 cm³/mol. The van der Waals surface area contributed by atoms with Crippen molar-refractivity contribution in [1.29, 1.82) is 0 Å². The van der Waals surface area contributed by atoms with Gasteiger partial charge in [-0.3, -0.25) is 0 Å². The summed E-state index contributed by atoms with van der Waals surface area (Å²) in [4.78, 5) is 4.42. The van der Waals surface area contributed by atoms with Crippen LogP contribution in [0.15, 0.2) is 28.7 Å². The number of aromatic nitrogens is 1. The summed E-state index contributed by atoms with van der Waals surface area (Å²) in [5.74, 6) is 0.712. The highest BCUT2D eigenvalue weighted by atomic mass is 79.9. The van der Waals surface area contributed by atoms with E-state index in [-0.39, 0.29) is 0 Å². The number of hydrogen-bond donors (Lipinski definition) is 2. The number of halogens is 1. The van der Waals surface area contributed by atoms with Gasteiger partial charge in [0.05, 0.1) is 5.69 Å². The van der Waals surface area contributed by atoms with Gasteiger partial charge in [-0.1, -0.05) is 15.9 Å². The number of anilines is 3. The molecule has 3 N–H and O–H groups in total. The number of pyridine rings is 1. The second kappa shape index (κ2) is 4.98. The SMILES string of the molecule is Cc1ccc(N)c(Nc2c(C)cc(Br)cc2C)n1. The van der Waals surface area contributed by atoms with Crippen LogP contribution in [0.1, 0.15) is 16.8 Å². The van der Waals surface area contributed by atoms with E-state index >= 15 is 0 Å². The number of nitrogens with one attached hydrogen (secondary N) is 1. The van der Waals surface area contributed by atoms with Gasteiger partial charge in [0.1, 0.15) is 0 Å². The number of nitrogen functional groups attached to an aromatic ring is 1. The molecule has 0 amide bonds. The molecule has 2 aromatic rings. The van der Waals surface area contributed by atoms with Crippen LogP contribution in [0.5, 0.6) is 0 Å². The molecule has 0 bridgehead atoms. The van der Waals surface area contributed by atoms with Gasteiger partial charge >= 0.3 is 0 Å². The average Bonchev–Trinajstić information content (AvgIpc) is 2.28. The van der Waals surface area contributed by atoms with E-state index in [1.807, 2.05) is 19.1 Å². The Bertz CT molecular complexity index is 571. The fourth-order valence-electron chi connectivity index (χ4n) is 1.89. The van der Waals surface area contributed by atoms with Crippen LogP contribution in [0.25, 0.3) is 0 Å². The van der Waals surface area contributed by atoms with E-state index < -0.39 is 0 Å². The number of rotatable bonds is 2. The quantitative estimate of drug-likeness (QED) is 0.878. The summed E-state index contributed by atoms with van der Waals surface area (Å²) >= 11 is 3.49. The lowest BCUT2D eigenvalue weighted by Gasteiger charge is -2.14. The smallest absolute Gasteiger partial charge is 0.153 e. The topological polar surface area (TPSA) is 50.9 Å². The minimum absolute atomic E-state index is 0.655. The molecule has 94 valence electrons. The molecule has 0 saturated carbocycles. The number of aryl methyl sites for hydroxylation is 3. The Morgan fingerprint density at radius 2 is 1.72 bits per heavy atom. The van der Waals surface area contributed by atoms with E-state index in [4.69, 9.17) is 5.73 Å². The van der Waals surface area contributed by atoms with E-state index in [9.17, 15) is 0 Å². The fraction of sp³-hybridized carbons (Fsp3) is 0.214. The normalized spacial score (nSPS) is 10.4. The predicted octanol–water partition coefficient (Wildman–Crippen LogP) is 4.10. The number of nitrogens with zero attached hydrogens (tertiary/aromatic N) is 1. The second-order valence-electron chi connectivity index (χ2n) is 4.43. The van der Waals surface area contributed by atoms with Crippen molar-refractivity contribution in [2.75, 3.05) is 11.1 Å². The van der Waals surface area contributed by atoms with Crippen molar-refractivity contribution in [3.05, 3.63) is 45.6 Å². The van der Waals surface area contributed by atoms with Crippen LogP contribution in [-0.2, 0) is 0 Å². The van der Waals surface area contributed by atoms with Gasteiger partial charge in [0.15, 0.2) is 5.82 Å². The highest BCUT2D eigenvalue weighted by molar-refractivity contribution is 9.10. The van der Waals surface area contributed by atoms with Crippen LogP contribution < -0.4 is 11.1 Å². The van der Waals surface area contributed by atoms with Crippen LogP contribution in [0.2, 0.25) is 0 Å². The van der Waals surface area contributed by atoms with Gasteiger partial charge in [-0.05, 0) is 56.2 Å². The molecule has 3 nitrogen and oxygen atoms in total. The van der Waals surface area contributed by atoms with Crippen molar-refractivity contribution in [3.63, 3.8) is 0 Å². The molecule has 0 saturated heterocycles. The first-order valence-electron chi connectivity index (χ1n) is 5.74. The molecule has 0 aliphatic heterocycles. The summed E-state index contributed by atoms with van der Waals surface area (Å²) in [6.07, 6.45) is 0. The maximum absolute atomic E-state index is 5.93. The third kappa shape index (κ3) is 2.64. The first-order chi connectivity index (χ1) is 8.47. The Balaban J connectivity index is 2.43. The lowest BCUT2D eigenvalue weighted by Crippen LogP contribution is -2.03. The Kier molecular flexibility index (Phi) is 3.57. The van der Waals surface area contributed by atoms with Gasteiger partial charge in [0.25, 0.3) is 0 Å². The molecule has 1 aromatic heterocycles. The fourth-order valence-corrected chi connectivity index (χ4v) is 2.58. The van der Waals surface area contributed by atoms with Gasteiger partial charge < -0.3 is 11.1 Å². The second-order valence-corrected chi connectivity index (χ2v) is 5.35. The molecule has 0 unspecified atom stereocenters. The molecule has 2 rings (SSSR count). The van der Waals surface area contributed by atoms with Crippen molar-refractivity contribution < 1.29 is 0 Å². The van der Waals surface area contributed by atoms with Crippen molar-refractivity contribution in [3.8, 4) is 0 Å². The lowest BCUT2D eigenvalue weighted by atomic mass is 10.1. The van der Waals surface area contributed by atoms with Crippen molar-refractivity contribution >= 4 is 33.1 Å². The first kappa shape index (κ1) is 12.9. The first-order valence-corrected chi connectivity index (χ1v) is 6.53.